The summed E-state index contributed by atoms with van der Waals surface area (Å²) in [7, 11) is 0. The zero-order valence-electron chi connectivity index (χ0n) is 17.6. The maximum atomic E-state index is 6.34. The van der Waals surface area contributed by atoms with Gasteiger partial charge in [-0.1, -0.05) is 78.9 Å². The van der Waals surface area contributed by atoms with Crippen LogP contribution in [0.15, 0.2) is 97.1 Å². The maximum Gasteiger partial charge on any atom is 0.0755 e. The molecule has 4 aromatic carbocycles. The maximum absolute atomic E-state index is 6.34. The van der Waals surface area contributed by atoms with Gasteiger partial charge in [0.1, 0.15) is 0 Å². The van der Waals surface area contributed by atoms with E-state index in [1.807, 2.05) is 0 Å². The molecule has 2 nitrogen and oxygen atoms in total. The molecule has 0 radical (unpaired) electrons. The van der Waals surface area contributed by atoms with E-state index in [-0.39, 0.29) is 18.5 Å². The molecular weight excluding hydrogens is 402 g/mol. The van der Waals surface area contributed by atoms with E-state index in [1.165, 1.54) is 33.2 Å². The number of anilines is 1. The summed E-state index contributed by atoms with van der Waals surface area (Å²) in [4.78, 5) is 2.47. The second kappa shape index (κ2) is 10.00. The second-order valence-corrected chi connectivity index (χ2v) is 8.12. The highest BCUT2D eigenvalue weighted by molar-refractivity contribution is 5.85. The zero-order valence-corrected chi connectivity index (χ0v) is 18.4. The largest absolute Gasteiger partial charge is 0.372 e. The first kappa shape index (κ1) is 21.4. The lowest BCUT2D eigenvalue weighted by molar-refractivity contribution is 0.0316. The van der Waals surface area contributed by atoms with E-state index in [0.717, 1.165) is 25.9 Å². The van der Waals surface area contributed by atoms with E-state index in [4.69, 9.17) is 4.74 Å². The van der Waals surface area contributed by atoms with Crippen molar-refractivity contribution in [2.75, 3.05) is 18.0 Å². The molecule has 1 aliphatic heterocycles. The minimum atomic E-state index is 0. The number of piperidine rings is 1. The second-order valence-electron chi connectivity index (χ2n) is 8.12. The Labute approximate surface area is 190 Å². The number of nitrogens with zero attached hydrogens (tertiary/aromatic N) is 1. The molecule has 1 unspecified atom stereocenters. The molecule has 1 saturated heterocycles. The van der Waals surface area contributed by atoms with Crippen LogP contribution < -0.4 is 4.90 Å². The molecule has 0 saturated carbocycles. The fraction of sp³-hybridized carbons (Fsp3) is 0.214. The van der Waals surface area contributed by atoms with Gasteiger partial charge in [-0.25, -0.2) is 0 Å². The van der Waals surface area contributed by atoms with Gasteiger partial charge in [0, 0.05) is 18.8 Å². The first-order valence-electron chi connectivity index (χ1n) is 10.8. The Morgan fingerprint density at radius 1 is 0.742 bits per heavy atom. The van der Waals surface area contributed by atoms with Crippen molar-refractivity contribution < 1.29 is 4.74 Å². The Hall–Kier alpha value is -2.81. The summed E-state index contributed by atoms with van der Waals surface area (Å²) in [6, 6.07) is 34.6. The Balaban J connectivity index is 0.00000231. The van der Waals surface area contributed by atoms with Gasteiger partial charge in [0.25, 0.3) is 0 Å². The zero-order chi connectivity index (χ0) is 20.2. The van der Waals surface area contributed by atoms with Crippen molar-refractivity contribution in [2.24, 2.45) is 0 Å². The Morgan fingerprint density at radius 2 is 1.52 bits per heavy atom. The van der Waals surface area contributed by atoms with Gasteiger partial charge in [-0.15, -0.1) is 12.4 Å². The molecule has 1 aliphatic rings. The summed E-state index contributed by atoms with van der Waals surface area (Å²) in [6.07, 6.45) is 2.56. The molecule has 5 rings (SSSR count). The number of benzene rings is 4. The van der Waals surface area contributed by atoms with Crippen LogP contribution in [0.2, 0.25) is 0 Å². The average Bonchev–Trinajstić information content (AvgIpc) is 2.83. The van der Waals surface area contributed by atoms with Crippen LogP contribution >= 0.6 is 12.4 Å². The van der Waals surface area contributed by atoms with Gasteiger partial charge in [-0.2, -0.15) is 0 Å². The molecule has 1 fully saturated rings. The van der Waals surface area contributed by atoms with Crippen molar-refractivity contribution in [3.8, 4) is 11.1 Å². The quantitative estimate of drug-likeness (QED) is 0.335. The molecule has 0 N–H and O–H groups in total. The predicted molar refractivity (Wildman–Crippen MR) is 133 cm³/mol. The minimum Gasteiger partial charge on any atom is -0.372 e. The molecule has 4 aromatic rings. The SMILES string of the molecule is Cl.c1ccc(-c2cccc(N3CCCC(OCc4ccc5ccccc5c4)C3)c2)cc1. The summed E-state index contributed by atoms with van der Waals surface area (Å²) in [5.74, 6) is 0. The molecule has 0 spiro atoms. The standard InChI is InChI=1S/C28H27NO.ClH/c1-2-8-23(9-3-1)26-12-6-13-27(19-26)29-17-7-14-28(20-29)30-21-22-15-16-24-10-4-5-11-25(24)18-22;/h1-6,8-13,15-16,18-19,28H,7,14,17,20-21H2;1H. The van der Waals surface area contributed by atoms with Crippen LogP contribution in [-0.2, 0) is 11.3 Å². The van der Waals surface area contributed by atoms with E-state index in [0.29, 0.717) is 6.61 Å². The van der Waals surface area contributed by atoms with Gasteiger partial charge in [0.2, 0.25) is 0 Å². The molecular formula is C28H28ClNO. The van der Waals surface area contributed by atoms with Crippen LogP contribution in [-0.4, -0.2) is 19.2 Å². The topological polar surface area (TPSA) is 12.5 Å². The highest BCUT2D eigenvalue weighted by Crippen LogP contribution is 2.27. The lowest BCUT2D eigenvalue weighted by Crippen LogP contribution is -2.39. The first-order valence-corrected chi connectivity index (χ1v) is 10.8. The minimum absolute atomic E-state index is 0. The van der Waals surface area contributed by atoms with Crippen molar-refractivity contribution in [1.82, 2.24) is 0 Å². The van der Waals surface area contributed by atoms with Crippen molar-refractivity contribution in [3.63, 3.8) is 0 Å². The molecule has 31 heavy (non-hydrogen) atoms. The Morgan fingerprint density at radius 3 is 2.39 bits per heavy atom. The number of halogens is 1. The van der Waals surface area contributed by atoms with E-state index in [1.54, 1.807) is 0 Å². The number of ether oxygens (including phenoxy) is 1. The van der Waals surface area contributed by atoms with E-state index >= 15 is 0 Å². The summed E-state index contributed by atoms with van der Waals surface area (Å²) in [5.41, 5.74) is 5.07. The van der Waals surface area contributed by atoms with Crippen molar-refractivity contribution in [1.29, 1.82) is 0 Å². The molecule has 0 bridgehead atoms. The number of hydrogen-bond donors (Lipinski definition) is 0. The predicted octanol–water partition coefficient (Wildman–Crippen LogP) is 7.11. The van der Waals surface area contributed by atoms with Crippen molar-refractivity contribution in [2.45, 2.75) is 25.6 Å². The van der Waals surface area contributed by atoms with Crippen LogP contribution in [0.3, 0.4) is 0 Å². The Bertz CT molecular complexity index is 1130. The highest BCUT2D eigenvalue weighted by atomic mass is 35.5. The molecule has 158 valence electrons. The van der Waals surface area contributed by atoms with Crippen molar-refractivity contribution >= 4 is 28.9 Å². The summed E-state index contributed by atoms with van der Waals surface area (Å²) >= 11 is 0. The van der Waals surface area contributed by atoms with Crippen LogP contribution in [0, 0.1) is 0 Å². The molecule has 1 heterocycles. The monoisotopic (exact) mass is 429 g/mol. The molecule has 0 aliphatic carbocycles. The third kappa shape index (κ3) is 5.10. The average molecular weight is 430 g/mol. The summed E-state index contributed by atoms with van der Waals surface area (Å²) < 4.78 is 6.34. The fourth-order valence-electron chi connectivity index (χ4n) is 4.36. The van der Waals surface area contributed by atoms with Gasteiger partial charge >= 0.3 is 0 Å². The van der Waals surface area contributed by atoms with E-state index < -0.39 is 0 Å². The lowest BCUT2D eigenvalue weighted by atomic mass is 10.0. The van der Waals surface area contributed by atoms with Crippen LogP contribution in [0.25, 0.3) is 21.9 Å². The fourth-order valence-corrected chi connectivity index (χ4v) is 4.36. The van der Waals surface area contributed by atoms with Gasteiger partial charge in [0.05, 0.1) is 12.7 Å². The van der Waals surface area contributed by atoms with Gasteiger partial charge in [-0.05, 0) is 58.5 Å². The molecule has 0 aromatic heterocycles. The summed E-state index contributed by atoms with van der Waals surface area (Å²) in [5, 5.41) is 2.56. The smallest absolute Gasteiger partial charge is 0.0755 e. The highest BCUT2D eigenvalue weighted by Gasteiger charge is 2.21. The lowest BCUT2D eigenvalue weighted by Gasteiger charge is -2.34. The normalized spacial score (nSPS) is 16.1. The number of fused-ring (bicyclic) bond motifs is 1. The van der Waals surface area contributed by atoms with Crippen LogP contribution in [0.4, 0.5) is 5.69 Å². The molecule has 1 atom stereocenters. The Kier molecular flexibility index (Phi) is 6.91. The molecule has 3 heteroatoms. The van der Waals surface area contributed by atoms with Crippen LogP contribution in [0.5, 0.6) is 0 Å². The molecule has 0 amide bonds. The summed E-state index contributed by atoms with van der Waals surface area (Å²) in [6.45, 7) is 2.72. The van der Waals surface area contributed by atoms with E-state index in [2.05, 4.69) is 102 Å². The van der Waals surface area contributed by atoms with Gasteiger partial charge in [0.15, 0.2) is 0 Å². The van der Waals surface area contributed by atoms with Gasteiger partial charge < -0.3 is 9.64 Å². The van der Waals surface area contributed by atoms with Gasteiger partial charge in [-0.3, -0.25) is 0 Å². The van der Waals surface area contributed by atoms with Crippen LogP contribution in [0.1, 0.15) is 18.4 Å². The van der Waals surface area contributed by atoms with Crippen molar-refractivity contribution in [3.05, 3.63) is 103 Å². The third-order valence-corrected chi connectivity index (χ3v) is 6.00. The number of rotatable bonds is 5. The third-order valence-electron chi connectivity index (χ3n) is 6.00. The first-order chi connectivity index (χ1) is 14.8. The number of hydrogen-bond acceptors (Lipinski definition) is 2. The van der Waals surface area contributed by atoms with E-state index in [9.17, 15) is 0 Å².